The summed E-state index contributed by atoms with van der Waals surface area (Å²) < 4.78 is 0.672. The summed E-state index contributed by atoms with van der Waals surface area (Å²) in [4.78, 5) is 11.9. The van der Waals surface area contributed by atoms with Gasteiger partial charge in [-0.3, -0.25) is 4.79 Å². The van der Waals surface area contributed by atoms with Gasteiger partial charge in [0.05, 0.1) is 23.4 Å². The van der Waals surface area contributed by atoms with E-state index in [9.17, 15) is 4.79 Å². The fourth-order valence-electron chi connectivity index (χ4n) is 1.41. The van der Waals surface area contributed by atoms with E-state index in [2.05, 4.69) is 21.2 Å². The lowest BCUT2D eigenvalue weighted by Crippen LogP contribution is -2.40. The van der Waals surface area contributed by atoms with Crippen LogP contribution in [0.15, 0.2) is 22.7 Å². The summed E-state index contributed by atoms with van der Waals surface area (Å²) in [6.07, 6.45) is 0.850. The molecule has 0 bridgehead atoms. The zero-order valence-corrected chi connectivity index (χ0v) is 12.0. The second kappa shape index (κ2) is 6.53. The largest absolute Gasteiger partial charge is 0.324 e. The summed E-state index contributed by atoms with van der Waals surface area (Å²) in [6.45, 7) is 3.94. The molecule has 0 aliphatic rings. The summed E-state index contributed by atoms with van der Waals surface area (Å²) in [5.74, 6) is -0.0862. The molecule has 0 saturated heterocycles. The average molecular weight is 310 g/mol. The molecule has 1 aromatic rings. The van der Waals surface area contributed by atoms with Gasteiger partial charge in [0.1, 0.15) is 0 Å². The van der Waals surface area contributed by atoms with Gasteiger partial charge in [0.2, 0.25) is 5.91 Å². The molecule has 3 N–H and O–H groups in total. The Morgan fingerprint density at radius 1 is 1.61 bits per heavy atom. The van der Waals surface area contributed by atoms with E-state index in [1.807, 2.05) is 19.9 Å². The third-order valence-electron chi connectivity index (χ3n) is 2.92. The minimum atomic E-state index is -0.530. The third kappa shape index (κ3) is 3.56. The Bertz CT molecular complexity index is 482. The number of hydrogen-bond donors (Lipinski definition) is 2. The van der Waals surface area contributed by atoms with Gasteiger partial charge in [-0.1, -0.05) is 20.3 Å². The molecule has 0 fully saturated rings. The van der Waals surface area contributed by atoms with Gasteiger partial charge < -0.3 is 11.1 Å². The number of anilines is 1. The number of carbonyl (C=O) groups excluding carboxylic acids is 1. The molecule has 0 aliphatic heterocycles. The predicted molar refractivity (Wildman–Crippen MR) is 74.9 cm³/mol. The highest BCUT2D eigenvalue weighted by Crippen LogP contribution is 2.23. The molecule has 1 amide bonds. The van der Waals surface area contributed by atoms with Crippen LogP contribution < -0.4 is 11.1 Å². The normalized spacial score (nSPS) is 13.5. The van der Waals surface area contributed by atoms with Gasteiger partial charge in [0.15, 0.2) is 0 Å². The van der Waals surface area contributed by atoms with Crippen molar-refractivity contribution in [3.8, 4) is 6.07 Å². The Labute approximate surface area is 115 Å². The van der Waals surface area contributed by atoms with E-state index in [1.165, 1.54) is 0 Å². The monoisotopic (exact) mass is 309 g/mol. The summed E-state index contributed by atoms with van der Waals surface area (Å²) in [5, 5.41) is 11.5. The van der Waals surface area contributed by atoms with Gasteiger partial charge in [-0.05, 0) is 40.0 Å². The quantitative estimate of drug-likeness (QED) is 0.897. The molecule has 18 heavy (non-hydrogen) atoms. The number of nitriles is 1. The van der Waals surface area contributed by atoms with Crippen LogP contribution in [0.2, 0.25) is 0 Å². The fraction of sp³-hybridized carbons (Fsp3) is 0.385. The number of carbonyl (C=O) groups is 1. The van der Waals surface area contributed by atoms with Crippen molar-refractivity contribution < 1.29 is 4.79 Å². The SMILES string of the molecule is CC[C@H](C)[C@H](N)C(=O)Nc1ccc(C#N)cc1Br. The summed E-state index contributed by atoms with van der Waals surface area (Å²) in [5.41, 5.74) is 7.00. The molecule has 0 aliphatic carbocycles. The van der Waals surface area contributed by atoms with Crippen molar-refractivity contribution in [2.45, 2.75) is 26.3 Å². The van der Waals surface area contributed by atoms with Crippen LogP contribution in [-0.4, -0.2) is 11.9 Å². The topological polar surface area (TPSA) is 78.9 Å². The van der Waals surface area contributed by atoms with Crippen molar-refractivity contribution in [2.24, 2.45) is 11.7 Å². The Hall–Kier alpha value is -1.38. The van der Waals surface area contributed by atoms with Gasteiger partial charge in [-0.15, -0.1) is 0 Å². The van der Waals surface area contributed by atoms with Gasteiger partial charge in [-0.2, -0.15) is 5.26 Å². The van der Waals surface area contributed by atoms with Gasteiger partial charge in [0, 0.05) is 4.47 Å². The third-order valence-corrected chi connectivity index (χ3v) is 3.57. The van der Waals surface area contributed by atoms with Crippen LogP contribution in [0.4, 0.5) is 5.69 Å². The van der Waals surface area contributed by atoms with E-state index < -0.39 is 6.04 Å². The molecule has 0 spiro atoms. The molecular formula is C13H16BrN3O. The number of nitrogens with two attached hydrogens (primary N) is 1. The molecule has 2 atom stereocenters. The van der Waals surface area contributed by atoms with Crippen molar-refractivity contribution in [1.82, 2.24) is 0 Å². The standard InChI is InChI=1S/C13H16BrN3O/c1-3-8(2)12(16)13(18)17-11-5-4-9(7-15)6-10(11)14/h4-6,8,12H,3,16H2,1-2H3,(H,17,18)/t8-,12-/m0/s1. The van der Waals surface area contributed by atoms with E-state index in [1.54, 1.807) is 18.2 Å². The van der Waals surface area contributed by atoms with Crippen molar-refractivity contribution in [1.29, 1.82) is 5.26 Å². The average Bonchev–Trinajstić information content (AvgIpc) is 2.38. The zero-order chi connectivity index (χ0) is 13.7. The van der Waals surface area contributed by atoms with E-state index in [0.29, 0.717) is 15.7 Å². The zero-order valence-electron chi connectivity index (χ0n) is 10.4. The van der Waals surface area contributed by atoms with E-state index >= 15 is 0 Å². The molecule has 5 heteroatoms. The lowest BCUT2D eigenvalue weighted by Gasteiger charge is -2.18. The summed E-state index contributed by atoms with van der Waals surface area (Å²) >= 11 is 3.31. The molecule has 1 aromatic carbocycles. The minimum absolute atomic E-state index is 0.127. The maximum Gasteiger partial charge on any atom is 0.241 e. The first-order valence-electron chi connectivity index (χ1n) is 5.75. The molecular weight excluding hydrogens is 294 g/mol. The smallest absolute Gasteiger partial charge is 0.241 e. The number of hydrogen-bond acceptors (Lipinski definition) is 3. The van der Waals surface area contributed by atoms with Crippen LogP contribution in [0.1, 0.15) is 25.8 Å². The minimum Gasteiger partial charge on any atom is -0.324 e. The van der Waals surface area contributed by atoms with E-state index in [0.717, 1.165) is 6.42 Å². The maximum atomic E-state index is 11.9. The highest BCUT2D eigenvalue weighted by Gasteiger charge is 2.20. The summed E-state index contributed by atoms with van der Waals surface area (Å²) in [6, 6.07) is 6.49. The Morgan fingerprint density at radius 3 is 2.78 bits per heavy atom. The highest BCUT2D eigenvalue weighted by atomic mass is 79.9. The fourth-order valence-corrected chi connectivity index (χ4v) is 1.89. The number of rotatable bonds is 4. The Morgan fingerprint density at radius 2 is 2.28 bits per heavy atom. The molecule has 0 heterocycles. The molecule has 0 aromatic heterocycles. The molecule has 0 radical (unpaired) electrons. The van der Waals surface area contributed by atoms with Crippen LogP contribution in [0.3, 0.4) is 0 Å². The first-order chi connectivity index (χ1) is 8.49. The van der Waals surface area contributed by atoms with Crippen molar-refractivity contribution >= 4 is 27.5 Å². The van der Waals surface area contributed by atoms with Gasteiger partial charge in [-0.25, -0.2) is 0 Å². The van der Waals surface area contributed by atoms with Crippen molar-refractivity contribution in [3.05, 3.63) is 28.2 Å². The Kier molecular flexibility index (Phi) is 5.32. The first-order valence-corrected chi connectivity index (χ1v) is 6.55. The van der Waals surface area contributed by atoms with Gasteiger partial charge in [0.25, 0.3) is 0 Å². The predicted octanol–water partition coefficient (Wildman–Crippen LogP) is 2.63. The molecule has 1 rings (SSSR count). The molecule has 0 unspecified atom stereocenters. The van der Waals surface area contributed by atoms with Crippen molar-refractivity contribution in [2.75, 3.05) is 5.32 Å². The number of nitrogens with zero attached hydrogens (tertiary/aromatic N) is 1. The van der Waals surface area contributed by atoms with Crippen molar-refractivity contribution in [3.63, 3.8) is 0 Å². The summed E-state index contributed by atoms with van der Waals surface area (Å²) in [7, 11) is 0. The first kappa shape index (κ1) is 14.7. The molecule has 4 nitrogen and oxygen atoms in total. The van der Waals surface area contributed by atoms with Crippen LogP contribution in [0.5, 0.6) is 0 Å². The highest BCUT2D eigenvalue weighted by molar-refractivity contribution is 9.10. The van der Waals surface area contributed by atoms with E-state index in [-0.39, 0.29) is 11.8 Å². The number of benzene rings is 1. The lowest BCUT2D eigenvalue weighted by molar-refractivity contribution is -0.118. The lowest BCUT2D eigenvalue weighted by atomic mass is 9.99. The maximum absolute atomic E-state index is 11.9. The van der Waals surface area contributed by atoms with Crippen LogP contribution in [-0.2, 0) is 4.79 Å². The van der Waals surface area contributed by atoms with Gasteiger partial charge >= 0.3 is 0 Å². The molecule has 0 saturated carbocycles. The number of nitrogens with one attached hydrogen (secondary N) is 1. The van der Waals surface area contributed by atoms with E-state index in [4.69, 9.17) is 11.0 Å². The number of halogens is 1. The second-order valence-electron chi connectivity index (χ2n) is 4.21. The van der Waals surface area contributed by atoms with Crippen LogP contribution >= 0.6 is 15.9 Å². The van der Waals surface area contributed by atoms with Crippen LogP contribution in [0.25, 0.3) is 0 Å². The molecule has 96 valence electrons. The second-order valence-corrected chi connectivity index (χ2v) is 5.06. The number of amides is 1. The van der Waals surface area contributed by atoms with Crippen LogP contribution in [0, 0.1) is 17.2 Å². The Balaban J connectivity index is 2.80.